The third-order valence-electron chi connectivity index (χ3n) is 6.22. The Morgan fingerprint density at radius 3 is 3.16 bits per heavy atom. The Morgan fingerprint density at radius 1 is 1.48 bits per heavy atom. The zero-order chi connectivity index (χ0) is 17.4. The van der Waals surface area contributed by atoms with Gasteiger partial charge in [0, 0.05) is 29.5 Å². The molecule has 1 amide bonds. The van der Waals surface area contributed by atoms with Crippen molar-refractivity contribution in [2.45, 2.75) is 44.1 Å². The summed E-state index contributed by atoms with van der Waals surface area (Å²) in [6.45, 7) is 6.07. The lowest BCUT2D eigenvalue weighted by Crippen LogP contribution is -2.48. The van der Waals surface area contributed by atoms with E-state index in [-0.39, 0.29) is 17.2 Å². The van der Waals surface area contributed by atoms with E-state index < -0.39 is 0 Å². The molecule has 0 aromatic heterocycles. The summed E-state index contributed by atoms with van der Waals surface area (Å²) >= 11 is 0. The number of likely N-dealkylation sites (tertiary alicyclic amines) is 1. The average Bonchev–Trinajstić information content (AvgIpc) is 3.37. The molecule has 136 valence electrons. The van der Waals surface area contributed by atoms with Crippen molar-refractivity contribution < 1.29 is 14.3 Å². The van der Waals surface area contributed by atoms with Gasteiger partial charge in [0.2, 0.25) is 5.91 Å². The van der Waals surface area contributed by atoms with Gasteiger partial charge in [0.15, 0.2) is 0 Å². The van der Waals surface area contributed by atoms with Gasteiger partial charge in [-0.1, -0.05) is 6.92 Å². The molecule has 5 nitrogen and oxygen atoms in total. The molecule has 2 aliphatic heterocycles. The highest BCUT2D eigenvalue weighted by Crippen LogP contribution is 2.61. The van der Waals surface area contributed by atoms with Crippen molar-refractivity contribution >= 4 is 5.91 Å². The Kier molecular flexibility index (Phi) is 4.36. The van der Waals surface area contributed by atoms with E-state index in [4.69, 9.17) is 9.47 Å². The van der Waals surface area contributed by atoms with Gasteiger partial charge in [0.05, 0.1) is 13.7 Å². The van der Waals surface area contributed by atoms with Crippen LogP contribution in [0.15, 0.2) is 18.2 Å². The zero-order valence-electron chi connectivity index (χ0n) is 15.2. The van der Waals surface area contributed by atoms with Crippen LogP contribution in [-0.2, 0) is 10.2 Å². The number of rotatable bonds is 4. The van der Waals surface area contributed by atoms with Crippen LogP contribution in [0.3, 0.4) is 0 Å². The highest BCUT2D eigenvalue weighted by atomic mass is 16.5. The second-order valence-corrected chi connectivity index (χ2v) is 7.61. The normalized spacial score (nSPS) is 31.1. The molecule has 0 radical (unpaired) electrons. The minimum atomic E-state index is -0.0503. The molecule has 1 aliphatic carbocycles. The van der Waals surface area contributed by atoms with Crippen LogP contribution < -0.4 is 14.8 Å². The summed E-state index contributed by atoms with van der Waals surface area (Å²) in [6.07, 6.45) is 4.10. The lowest BCUT2D eigenvalue weighted by atomic mass is 9.87. The number of piperidine rings is 1. The molecule has 1 N–H and O–H groups in total. The van der Waals surface area contributed by atoms with Gasteiger partial charge >= 0.3 is 0 Å². The minimum Gasteiger partial charge on any atom is -0.497 e. The third kappa shape index (κ3) is 2.99. The Balaban J connectivity index is 1.47. The quantitative estimate of drug-likeness (QED) is 0.911. The second kappa shape index (κ2) is 6.52. The number of nitrogens with one attached hydrogen (secondary N) is 1. The molecule has 2 fully saturated rings. The number of nitrogens with zero attached hydrogens (tertiary/aromatic N) is 1. The first-order valence-corrected chi connectivity index (χ1v) is 9.50. The van der Waals surface area contributed by atoms with Crippen LogP contribution in [0.5, 0.6) is 11.5 Å². The number of carbonyl (C=O) groups excluding carboxylic acids is 1. The molecule has 1 spiro atoms. The molecule has 1 aromatic rings. The van der Waals surface area contributed by atoms with Gasteiger partial charge in [-0.2, -0.15) is 0 Å². The first-order chi connectivity index (χ1) is 12.2. The van der Waals surface area contributed by atoms with Crippen LogP contribution in [0.2, 0.25) is 0 Å². The molecule has 1 saturated carbocycles. The first kappa shape index (κ1) is 16.7. The summed E-state index contributed by atoms with van der Waals surface area (Å²) in [5.41, 5.74) is 1.10. The highest BCUT2D eigenvalue weighted by Gasteiger charge is 2.61. The predicted octanol–water partition coefficient (Wildman–Crippen LogP) is 2.34. The molecule has 3 atom stereocenters. The number of hydrogen-bond acceptors (Lipinski definition) is 4. The van der Waals surface area contributed by atoms with Gasteiger partial charge in [0.25, 0.3) is 0 Å². The van der Waals surface area contributed by atoms with Crippen LogP contribution >= 0.6 is 0 Å². The topological polar surface area (TPSA) is 50.8 Å². The van der Waals surface area contributed by atoms with Crippen molar-refractivity contribution in [1.82, 2.24) is 10.2 Å². The summed E-state index contributed by atoms with van der Waals surface area (Å²) in [7, 11) is 1.68. The second-order valence-electron chi connectivity index (χ2n) is 7.61. The Labute approximate surface area is 149 Å². The standard InChI is InChI=1S/C20H28N2O3/c1-3-22-9-4-5-14(13-22)21-19(23)17-12-20(17)8-10-25-18-7-6-15(24-2)11-16(18)20/h6-7,11,14,17H,3-5,8-10,12-13H2,1-2H3,(H,21,23)/t14-,17+,20+/m0/s1. The van der Waals surface area contributed by atoms with Crippen molar-refractivity contribution in [2.75, 3.05) is 33.4 Å². The molecule has 0 bridgehead atoms. The Hall–Kier alpha value is -1.75. The predicted molar refractivity (Wildman–Crippen MR) is 96.2 cm³/mol. The van der Waals surface area contributed by atoms with E-state index in [1.54, 1.807) is 7.11 Å². The fourth-order valence-corrected chi connectivity index (χ4v) is 4.61. The maximum atomic E-state index is 12.9. The lowest BCUT2D eigenvalue weighted by molar-refractivity contribution is -0.123. The number of methoxy groups -OCH3 is 1. The van der Waals surface area contributed by atoms with Gasteiger partial charge in [-0.25, -0.2) is 0 Å². The molecular formula is C20H28N2O3. The summed E-state index contributed by atoms with van der Waals surface area (Å²) < 4.78 is 11.2. The van der Waals surface area contributed by atoms with Crippen molar-refractivity contribution in [3.8, 4) is 11.5 Å². The van der Waals surface area contributed by atoms with Crippen LogP contribution in [0.1, 0.15) is 38.2 Å². The van der Waals surface area contributed by atoms with E-state index in [2.05, 4.69) is 23.2 Å². The molecule has 0 unspecified atom stereocenters. The van der Waals surface area contributed by atoms with E-state index >= 15 is 0 Å². The number of ether oxygens (including phenoxy) is 2. The van der Waals surface area contributed by atoms with Gasteiger partial charge in [-0.05, 0) is 57.0 Å². The Morgan fingerprint density at radius 2 is 2.36 bits per heavy atom. The molecule has 5 heteroatoms. The number of likely N-dealkylation sites (N-methyl/N-ethyl adjacent to an activating group) is 1. The summed E-state index contributed by atoms with van der Waals surface area (Å²) in [4.78, 5) is 15.3. The largest absolute Gasteiger partial charge is 0.497 e. The van der Waals surface area contributed by atoms with Crippen LogP contribution in [0.4, 0.5) is 0 Å². The Bertz CT molecular complexity index is 662. The fourth-order valence-electron chi connectivity index (χ4n) is 4.61. The molecule has 2 heterocycles. The number of fused-ring (bicyclic) bond motifs is 2. The highest BCUT2D eigenvalue weighted by molar-refractivity contribution is 5.85. The maximum absolute atomic E-state index is 12.9. The third-order valence-corrected chi connectivity index (χ3v) is 6.22. The van der Waals surface area contributed by atoms with Crippen LogP contribution in [0.25, 0.3) is 0 Å². The zero-order valence-corrected chi connectivity index (χ0v) is 15.2. The summed E-state index contributed by atoms with van der Waals surface area (Å²) in [6, 6.07) is 6.25. The van der Waals surface area contributed by atoms with Gasteiger partial charge < -0.3 is 19.7 Å². The molecule has 4 rings (SSSR count). The summed E-state index contributed by atoms with van der Waals surface area (Å²) in [5, 5.41) is 3.32. The first-order valence-electron chi connectivity index (χ1n) is 9.50. The SMILES string of the molecule is CCN1CCC[C@H](NC(=O)[C@H]2C[C@@]23CCOc2ccc(OC)cc23)C1. The van der Waals surface area contributed by atoms with Crippen molar-refractivity contribution in [3.05, 3.63) is 23.8 Å². The number of hydrogen-bond donors (Lipinski definition) is 1. The molecule has 1 aromatic carbocycles. The van der Waals surface area contributed by atoms with Crippen molar-refractivity contribution in [2.24, 2.45) is 5.92 Å². The van der Waals surface area contributed by atoms with E-state index in [9.17, 15) is 4.79 Å². The number of carbonyl (C=O) groups is 1. The smallest absolute Gasteiger partial charge is 0.224 e. The molecule has 3 aliphatic rings. The van der Waals surface area contributed by atoms with Gasteiger partial charge in [-0.15, -0.1) is 0 Å². The number of amides is 1. The van der Waals surface area contributed by atoms with E-state index in [1.807, 2.05) is 12.1 Å². The van der Waals surface area contributed by atoms with E-state index in [0.717, 1.165) is 56.0 Å². The average molecular weight is 344 g/mol. The van der Waals surface area contributed by atoms with Gasteiger partial charge in [0.1, 0.15) is 11.5 Å². The summed E-state index contributed by atoms with van der Waals surface area (Å²) in [5.74, 6) is 2.04. The van der Waals surface area contributed by atoms with Crippen LogP contribution in [-0.4, -0.2) is 50.2 Å². The lowest BCUT2D eigenvalue weighted by Gasteiger charge is -2.33. The molecular weight excluding hydrogens is 316 g/mol. The number of benzene rings is 1. The molecule has 1 saturated heterocycles. The monoisotopic (exact) mass is 344 g/mol. The fraction of sp³-hybridized carbons (Fsp3) is 0.650. The van der Waals surface area contributed by atoms with Crippen molar-refractivity contribution in [1.29, 1.82) is 0 Å². The van der Waals surface area contributed by atoms with E-state index in [1.165, 1.54) is 6.42 Å². The minimum absolute atomic E-state index is 0.0503. The van der Waals surface area contributed by atoms with Crippen LogP contribution in [0, 0.1) is 5.92 Å². The van der Waals surface area contributed by atoms with E-state index in [0.29, 0.717) is 12.6 Å². The van der Waals surface area contributed by atoms with Crippen molar-refractivity contribution in [3.63, 3.8) is 0 Å². The van der Waals surface area contributed by atoms with Gasteiger partial charge in [-0.3, -0.25) is 4.79 Å². The maximum Gasteiger partial charge on any atom is 0.224 e. The molecule has 25 heavy (non-hydrogen) atoms.